The third kappa shape index (κ3) is 3.06. The maximum Gasteiger partial charge on any atom is 0.0835 e. The lowest BCUT2D eigenvalue weighted by Crippen LogP contribution is -2.27. The van der Waals surface area contributed by atoms with Crippen LogP contribution in [0.1, 0.15) is 31.1 Å². The van der Waals surface area contributed by atoms with Crippen molar-refractivity contribution in [3.8, 4) is 0 Å². The number of benzene rings is 1. The maximum atomic E-state index is 10.4. The molecule has 90 valence electrons. The van der Waals surface area contributed by atoms with Crippen LogP contribution in [-0.4, -0.2) is 11.7 Å². The van der Waals surface area contributed by atoms with Crippen molar-refractivity contribution in [1.29, 1.82) is 0 Å². The molecule has 0 aliphatic heterocycles. The zero-order chi connectivity index (χ0) is 12.3. The van der Waals surface area contributed by atoms with Gasteiger partial charge in [0, 0.05) is 10.4 Å². The van der Waals surface area contributed by atoms with E-state index in [1.807, 2.05) is 25.1 Å². The molecular formula is C13H20BrNO. The van der Waals surface area contributed by atoms with Gasteiger partial charge >= 0.3 is 0 Å². The molecule has 0 bridgehead atoms. The zero-order valence-electron chi connectivity index (χ0n) is 10.1. The molecule has 1 aromatic carbocycles. The van der Waals surface area contributed by atoms with Crippen LogP contribution < -0.4 is 5.73 Å². The van der Waals surface area contributed by atoms with Gasteiger partial charge in [0.15, 0.2) is 0 Å². The van der Waals surface area contributed by atoms with Crippen molar-refractivity contribution in [3.63, 3.8) is 0 Å². The number of rotatable bonds is 4. The van der Waals surface area contributed by atoms with Crippen molar-refractivity contribution in [2.24, 2.45) is 17.6 Å². The molecule has 0 spiro atoms. The summed E-state index contributed by atoms with van der Waals surface area (Å²) in [5, 5.41) is 10.4. The van der Waals surface area contributed by atoms with Crippen molar-refractivity contribution in [1.82, 2.24) is 0 Å². The van der Waals surface area contributed by atoms with E-state index >= 15 is 0 Å². The molecule has 0 saturated heterocycles. The maximum absolute atomic E-state index is 10.4. The number of halogens is 1. The number of hydrogen-bond donors (Lipinski definition) is 2. The van der Waals surface area contributed by atoms with Crippen LogP contribution in [0, 0.1) is 18.8 Å². The highest BCUT2D eigenvalue weighted by molar-refractivity contribution is 9.10. The van der Waals surface area contributed by atoms with Crippen molar-refractivity contribution in [2.45, 2.75) is 26.9 Å². The average molecular weight is 286 g/mol. The topological polar surface area (TPSA) is 46.2 Å². The molecule has 3 heteroatoms. The largest absolute Gasteiger partial charge is 0.388 e. The number of hydrogen-bond acceptors (Lipinski definition) is 2. The summed E-state index contributed by atoms with van der Waals surface area (Å²) in [6.45, 7) is 6.70. The van der Waals surface area contributed by atoms with E-state index in [1.165, 1.54) is 0 Å². The van der Waals surface area contributed by atoms with Gasteiger partial charge in [0.2, 0.25) is 0 Å². The predicted molar refractivity (Wildman–Crippen MR) is 71.2 cm³/mol. The fourth-order valence-electron chi connectivity index (χ4n) is 1.93. The summed E-state index contributed by atoms with van der Waals surface area (Å²) in [6.07, 6.45) is -0.484. The molecule has 0 radical (unpaired) electrons. The van der Waals surface area contributed by atoms with Crippen molar-refractivity contribution in [2.75, 3.05) is 6.54 Å². The lowest BCUT2D eigenvalue weighted by Gasteiger charge is -2.26. The molecule has 16 heavy (non-hydrogen) atoms. The van der Waals surface area contributed by atoms with E-state index in [2.05, 4.69) is 29.8 Å². The Hall–Kier alpha value is -0.380. The van der Waals surface area contributed by atoms with Gasteiger partial charge in [0.05, 0.1) is 6.10 Å². The second-order valence-corrected chi connectivity index (χ2v) is 5.50. The quantitative estimate of drug-likeness (QED) is 0.893. The molecule has 2 unspecified atom stereocenters. The summed E-state index contributed by atoms with van der Waals surface area (Å²) in [6, 6.07) is 5.97. The van der Waals surface area contributed by atoms with Gasteiger partial charge in [-0.3, -0.25) is 0 Å². The van der Waals surface area contributed by atoms with Gasteiger partial charge in [-0.2, -0.15) is 0 Å². The SMILES string of the molecule is Cc1ccc(Br)cc1C(O)C(CN)C(C)C. The lowest BCUT2D eigenvalue weighted by atomic mass is 9.85. The van der Waals surface area contributed by atoms with Crippen LogP contribution in [0.25, 0.3) is 0 Å². The minimum absolute atomic E-state index is 0.105. The molecule has 0 aromatic heterocycles. The highest BCUT2D eigenvalue weighted by Crippen LogP contribution is 2.30. The second-order valence-electron chi connectivity index (χ2n) is 4.59. The van der Waals surface area contributed by atoms with Crippen LogP contribution >= 0.6 is 15.9 Å². The Morgan fingerprint density at radius 3 is 2.50 bits per heavy atom. The third-order valence-corrected chi connectivity index (χ3v) is 3.59. The van der Waals surface area contributed by atoms with Crippen molar-refractivity contribution in [3.05, 3.63) is 33.8 Å². The highest BCUT2D eigenvalue weighted by Gasteiger charge is 2.23. The van der Waals surface area contributed by atoms with E-state index in [-0.39, 0.29) is 5.92 Å². The van der Waals surface area contributed by atoms with Crippen LogP contribution in [-0.2, 0) is 0 Å². The molecule has 0 fully saturated rings. The Kier molecular flexibility index (Phi) is 4.96. The van der Waals surface area contributed by atoms with E-state index < -0.39 is 6.10 Å². The molecule has 1 aromatic rings. The standard InChI is InChI=1S/C13H20BrNO/c1-8(2)12(7-15)13(16)11-6-10(14)5-4-9(11)3/h4-6,8,12-13,16H,7,15H2,1-3H3. The molecule has 0 heterocycles. The molecule has 2 nitrogen and oxygen atoms in total. The first-order valence-electron chi connectivity index (χ1n) is 5.61. The number of aryl methyl sites for hydroxylation is 1. The van der Waals surface area contributed by atoms with E-state index in [9.17, 15) is 5.11 Å². The second kappa shape index (κ2) is 5.80. The molecular weight excluding hydrogens is 266 g/mol. The van der Waals surface area contributed by atoms with Crippen LogP contribution in [0.4, 0.5) is 0 Å². The van der Waals surface area contributed by atoms with Gasteiger partial charge in [-0.05, 0) is 42.6 Å². The molecule has 1 rings (SSSR count). The number of aliphatic hydroxyl groups excluding tert-OH is 1. The molecule has 0 aliphatic rings. The van der Waals surface area contributed by atoms with Gasteiger partial charge in [-0.15, -0.1) is 0 Å². The minimum atomic E-state index is -0.484. The summed E-state index contributed by atoms with van der Waals surface area (Å²) in [5.74, 6) is 0.478. The Labute approximate surface area is 106 Å². The first-order chi connectivity index (χ1) is 7.47. The first-order valence-corrected chi connectivity index (χ1v) is 6.40. The van der Waals surface area contributed by atoms with Gasteiger partial charge in [0.25, 0.3) is 0 Å². The van der Waals surface area contributed by atoms with Crippen LogP contribution in [0.5, 0.6) is 0 Å². The van der Waals surface area contributed by atoms with E-state index in [4.69, 9.17) is 5.73 Å². The number of aliphatic hydroxyl groups is 1. The van der Waals surface area contributed by atoms with Gasteiger partial charge in [-0.25, -0.2) is 0 Å². The smallest absolute Gasteiger partial charge is 0.0835 e. The summed E-state index contributed by atoms with van der Waals surface area (Å²) in [4.78, 5) is 0. The monoisotopic (exact) mass is 285 g/mol. The van der Waals surface area contributed by atoms with Crippen molar-refractivity contribution < 1.29 is 5.11 Å². The first kappa shape index (κ1) is 13.7. The zero-order valence-corrected chi connectivity index (χ0v) is 11.7. The van der Waals surface area contributed by atoms with E-state index in [0.29, 0.717) is 12.5 Å². The fourth-order valence-corrected chi connectivity index (χ4v) is 2.31. The summed E-state index contributed by atoms with van der Waals surface area (Å²) in [7, 11) is 0. The Morgan fingerprint density at radius 2 is 2.00 bits per heavy atom. The summed E-state index contributed by atoms with van der Waals surface area (Å²) >= 11 is 3.43. The Morgan fingerprint density at radius 1 is 1.38 bits per heavy atom. The van der Waals surface area contributed by atoms with Gasteiger partial charge < -0.3 is 10.8 Å². The normalized spacial score (nSPS) is 15.2. The van der Waals surface area contributed by atoms with Crippen LogP contribution in [0.15, 0.2) is 22.7 Å². The van der Waals surface area contributed by atoms with E-state index in [1.54, 1.807) is 0 Å². The van der Waals surface area contributed by atoms with Gasteiger partial charge in [0.1, 0.15) is 0 Å². The van der Waals surface area contributed by atoms with Crippen LogP contribution in [0.2, 0.25) is 0 Å². The molecule has 0 amide bonds. The highest BCUT2D eigenvalue weighted by atomic mass is 79.9. The third-order valence-electron chi connectivity index (χ3n) is 3.09. The molecule has 0 aliphatic carbocycles. The van der Waals surface area contributed by atoms with Gasteiger partial charge in [-0.1, -0.05) is 35.8 Å². The van der Waals surface area contributed by atoms with Crippen LogP contribution in [0.3, 0.4) is 0 Å². The lowest BCUT2D eigenvalue weighted by molar-refractivity contribution is 0.0855. The number of nitrogens with two attached hydrogens (primary N) is 1. The van der Waals surface area contributed by atoms with E-state index in [0.717, 1.165) is 15.6 Å². The molecule has 2 atom stereocenters. The Bertz CT molecular complexity index is 352. The fraction of sp³-hybridized carbons (Fsp3) is 0.538. The predicted octanol–water partition coefficient (Wildman–Crippen LogP) is 3.02. The summed E-state index contributed by atoms with van der Waals surface area (Å²) in [5.41, 5.74) is 7.81. The Balaban J connectivity index is 3.02. The molecule has 3 N–H and O–H groups in total. The molecule has 0 saturated carbocycles. The summed E-state index contributed by atoms with van der Waals surface area (Å²) < 4.78 is 0.992. The minimum Gasteiger partial charge on any atom is -0.388 e. The average Bonchev–Trinajstić information content (AvgIpc) is 2.22. The van der Waals surface area contributed by atoms with Crippen molar-refractivity contribution >= 4 is 15.9 Å².